The van der Waals surface area contributed by atoms with Crippen LogP contribution >= 0.6 is 12.6 Å². The molecule has 1 heterocycles. The van der Waals surface area contributed by atoms with Gasteiger partial charge >= 0.3 is 0 Å². The quantitative estimate of drug-likeness (QED) is 0.440. The highest BCUT2D eigenvalue weighted by molar-refractivity contribution is 7.80. The van der Waals surface area contributed by atoms with Crippen molar-refractivity contribution in [1.82, 2.24) is 0 Å². The van der Waals surface area contributed by atoms with E-state index in [0.29, 0.717) is 6.54 Å². The van der Waals surface area contributed by atoms with Crippen LogP contribution < -0.4 is 9.30 Å². The van der Waals surface area contributed by atoms with Crippen molar-refractivity contribution in [1.29, 1.82) is 0 Å². The van der Waals surface area contributed by atoms with Crippen molar-refractivity contribution in [3.8, 4) is 5.75 Å². The van der Waals surface area contributed by atoms with Gasteiger partial charge in [-0.3, -0.25) is 0 Å². The third kappa shape index (κ3) is 3.18. The van der Waals surface area contributed by atoms with Gasteiger partial charge in [-0.25, -0.2) is 0 Å². The molecule has 4 heteroatoms. The van der Waals surface area contributed by atoms with Gasteiger partial charge in [-0.05, 0) is 30.3 Å². The lowest BCUT2D eigenvalue weighted by atomic mass is 10.1. The number of aromatic nitrogens is 1. The lowest BCUT2D eigenvalue weighted by Gasteiger charge is -2.07. The van der Waals surface area contributed by atoms with Crippen molar-refractivity contribution in [2.75, 3.05) is 13.7 Å². The first-order valence-electron chi connectivity index (χ1n) is 7.46. The Labute approximate surface area is 136 Å². The van der Waals surface area contributed by atoms with Crippen molar-refractivity contribution in [2.45, 2.75) is 25.3 Å². The van der Waals surface area contributed by atoms with Gasteiger partial charge in [0.25, 0.3) is 0 Å². The van der Waals surface area contributed by atoms with Gasteiger partial charge in [0, 0.05) is 16.3 Å². The summed E-state index contributed by atoms with van der Waals surface area (Å²) in [4.78, 5) is 0.914. The van der Waals surface area contributed by atoms with Gasteiger partial charge in [0.15, 0.2) is 12.7 Å². The Morgan fingerprint density at radius 3 is 2.50 bits per heavy atom. The molecular weight excluding hydrogens is 294 g/mol. The van der Waals surface area contributed by atoms with Gasteiger partial charge in [-0.15, -0.1) is 12.6 Å². The third-order valence-electron chi connectivity index (χ3n) is 3.48. The SMILES string of the molecule is CC.COc1ccc2c(c1)c[n+](CCO)c1cc(S)ccc21. The summed E-state index contributed by atoms with van der Waals surface area (Å²) in [5.74, 6) is 0.832. The molecule has 3 nitrogen and oxygen atoms in total. The van der Waals surface area contributed by atoms with E-state index in [1.165, 1.54) is 5.39 Å². The standard InChI is InChI=1S/C16H15NO2S.C2H6/c1-19-12-2-4-14-11(8-12)10-17(6-7-18)16-9-13(20)3-5-15(14)16;1-2/h2-5,8-10,18H,6-7H2,1H3;1-2H3/p+1. The van der Waals surface area contributed by atoms with E-state index in [4.69, 9.17) is 4.74 Å². The van der Waals surface area contributed by atoms with Crippen LogP contribution in [0.25, 0.3) is 21.7 Å². The summed E-state index contributed by atoms with van der Waals surface area (Å²) in [6.45, 7) is 4.66. The maximum absolute atomic E-state index is 9.26. The van der Waals surface area contributed by atoms with E-state index in [1.54, 1.807) is 7.11 Å². The van der Waals surface area contributed by atoms with Gasteiger partial charge < -0.3 is 9.84 Å². The molecule has 0 atom stereocenters. The number of methoxy groups -OCH3 is 1. The molecule has 1 aromatic heterocycles. The van der Waals surface area contributed by atoms with Crippen LogP contribution in [0.15, 0.2) is 47.5 Å². The number of thiol groups is 1. The third-order valence-corrected chi connectivity index (χ3v) is 3.75. The number of hydrogen-bond acceptors (Lipinski definition) is 3. The molecule has 0 saturated carbocycles. The second kappa shape index (κ2) is 7.47. The number of pyridine rings is 1. The minimum Gasteiger partial charge on any atom is -0.497 e. The molecule has 0 unspecified atom stereocenters. The zero-order chi connectivity index (χ0) is 16.1. The van der Waals surface area contributed by atoms with Gasteiger partial charge in [0.1, 0.15) is 12.4 Å². The summed E-state index contributed by atoms with van der Waals surface area (Å²) in [6, 6.07) is 12.1. The maximum Gasteiger partial charge on any atom is 0.214 e. The van der Waals surface area contributed by atoms with Crippen LogP contribution in [-0.2, 0) is 6.54 Å². The topological polar surface area (TPSA) is 33.3 Å². The van der Waals surface area contributed by atoms with Crippen LogP contribution in [0.4, 0.5) is 0 Å². The Balaban J connectivity index is 0.000000847. The normalized spacial score (nSPS) is 10.4. The molecule has 0 aliphatic carbocycles. The molecule has 0 radical (unpaired) electrons. The monoisotopic (exact) mass is 316 g/mol. The Morgan fingerprint density at radius 2 is 1.82 bits per heavy atom. The lowest BCUT2D eigenvalue weighted by molar-refractivity contribution is -0.671. The van der Waals surface area contributed by atoms with E-state index in [9.17, 15) is 5.11 Å². The Bertz CT molecular complexity index is 787. The van der Waals surface area contributed by atoms with Crippen molar-refractivity contribution in [3.05, 3.63) is 42.6 Å². The van der Waals surface area contributed by atoms with Crippen molar-refractivity contribution < 1.29 is 14.4 Å². The fraction of sp³-hybridized carbons (Fsp3) is 0.278. The van der Waals surface area contributed by atoms with Crippen LogP contribution in [0.3, 0.4) is 0 Å². The fourth-order valence-corrected chi connectivity index (χ4v) is 2.73. The summed E-state index contributed by atoms with van der Waals surface area (Å²) < 4.78 is 7.33. The lowest BCUT2D eigenvalue weighted by Crippen LogP contribution is -2.36. The minimum atomic E-state index is 0.103. The van der Waals surface area contributed by atoms with Gasteiger partial charge in [-0.2, -0.15) is 4.57 Å². The van der Waals surface area contributed by atoms with E-state index in [0.717, 1.165) is 26.9 Å². The second-order valence-electron chi connectivity index (χ2n) is 4.70. The number of rotatable bonds is 3. The molecule has 116 valence electrons. The molecule has 3 aromatic rings. The first-order chi connectivity index (χ1) is 10.7. The molecule has 2 aromatic carbocycles. The molecule has 3 rings (SSSR count). The number of aliphatic hydroxyl groups is 1. The van der Waals surface area contributed by atoms with Crippen LogP contribution in [0.2, 0.25) is 0 Å². The zero-order valence-electron chi connectivity index (χ0n) is 13.2. The number of benzene rings is 2. The summed E-state index contributed by atoms with van der Waals surface area (Å²) in [5.41, 5.74) is 1.07. The largest absolute Gasteiger partial charge is 0.497 e. The molecule has 0 amide bonds. The van der Waals surface area contributed by atoms with Crippen molar-refractivity contribution in [2.24, 2.45) is 0 Å². The molecule has 0 aliphatic rings. The fourth-order valence-electron chi connectivity index (χ4n) is 2.54. The predicted molar refractivity (Wildman–Crippen MR) is 93.9 cm³/mol. The van der Waals surface area contributed by atoms with E-state index in [-0.39, 0.29) is 6.61 Å². The number of fused-ring (bicyclic) bond motifs is 3. The van der Waals surface area contributed by atoms with Crippen LogP contribution in [0, 0.1) is 0 Å². The Hall–Kier alpha value is -1.78. The van der Waals surface area contributed by atoms with Crippen LogP contribution in [0.1, 0.15) is 13.8 Å². The Morgan fingerprint density at radius 1 is 1.09 bits per heavy atom. The van der Waals surface area contributed by atoms with Gasteiger partial charge in [0.2, 0.25) is 5.52 Å². The zero-order valence-corrected chi connectivity index (χ0v) is 14.1. The predicted octanol–water partition coefficient (Wildman–Crippen LogP) is 3.60. The average Bonchev–Trinajstić information content (AvgIpc) is 2.56. The summed E-state index contributed by atoms with van der Waals surface area (Å²) in [5, 5.41) is 12.7. The number of ether oxygens (including phenoxy) is 1. The van der Waals surface area contributed by atoms with Crippen molar-refractivity contribution >= 4 is 34.3 Å². The Kier molecular flexibility index (Phi) is 5.63. The average molecular weight is 316 g/mol. The highest BCUT2D eigenvalue weighted by Crippen LogP contribution is 2.27. The van der Waals surface area contributed by atoms with E-state index < -0.39 is 0 Å². The first-order valence-corrected chi connectivity index (χ1v) is 7.91. The molecule has 0 fully saturated rings. The van der Waals surface area contributed by atoms with Crippen LogP contribution in [0.5, 0.6) is 5.75 Å². The van der Waals surface area contributed by atoms with Crippen LogP contribution in [-0.4, -0.2) is 18.8 Å². The van der Waals surface area contributed by atoms with Crippen molar-refractivity contribution in [3.63, 3.8) is 0 Å². The summed E-state index contributed by atoms with van der Waals surface area (Å²) >= 11 is 4.41. The van der Waals surface area contributed by atoms with Gasteiger partial charge in [0.05, 0.1) is 17.9 Å². The molecular formula is C18H22NO2S+. The van der Waals surface area contributed by atoms with Gasteiger partial charge in [-0.1, -0.05) is 13.8 Å². The second-order valence-corrected chi connectivity index (χ2v) is 5.22. The summed E-state index contributed by atoms with van der Waals surface area (Å²) in [6.07, 6.45) is 2.05. The smallest absolute Gasteiger partial charge is 0.214 e. The molecule has 1 N–H and O–H groups in total. The molecule has 0 saturated heterocycles. The molecule has 0 aliphatic heterocycles. The molecule has 0 bridgehead atoms. The number of nitrogens with zero attached hydrogens (tertiary/aromatic N) is 1. The summed E-state index contributed by atoms with van der Waals surface area (Å²) in [7, 11) is 1.66. The minimum absolute atomic E-state index is 0.103. The van der Waals surface area contributed by atoms with E-state index in [1.807, 2.05) is 44.3 Å². The molecule has 22 heavy (non-hydrogen) atoms. The van der Waals surface area contributed by atoms with E-state index in [2.05, 4.69) is 29.3 Å². The first kappa shape index (κ1) is 16.6. The van der Waals surface area contributed by atoms with E-state index >= 15 is 0 Å². The maximum atomic E-state index is 9.26. The number of hydrogen-bond donors (Lipinski definition) is 2. The highest BCUT2D eigenvalue weighted by Gasteiger charge is 2.13. The molecule has 0 spiro atoms. The number of aliphatic hydroxyl groups excluding tert-OH is 1. The highest BCUT2D eigenvalue weighted by atomic mass is 32.1.